The van der Waals surface area contributed by atoms with E-state index in [2.05, 4.69) is 5.32 Å². The van der Waals surface area contributed by atoms with Crippen LogP contribution in [0.15, 0.2) is 21.4 Å². The lowest BCUT2D eigenvalue weighted by molar-refractivity contribution is -0.152. The van der Waals surface area contributed by atoms with Crippen molar-refractivity contribution in [1.82, 2.24) is 10.2 Å². The number of nitrogens with one attached hydrogen (secondary N) is 1. The van der Waals surface area contributed by atoms with Crippen molar-refractivity contribution in [3.05, 3.63) is 30.4 Å². The van der Waals surface area contributed by atoms with Gasteiger partial charge in [-0.1, -0.05) is 57.5 Å². The lowest BCUT2D eigenvalue weighted by Crippen LogP contribution is -2.70. The first kappa shape index (κ1) is 21.9. The molecule has 28 heavy (non-hydrogen) atoms. The molecule has 1 N–H and O–H groups in total. The lowest BCUT2D eigenvalue weighted by atomic mass is 10.0. The van der Waals surface area contributed by atoms with Crippen molar-refractivity contribution < 1.29 is 19.1 Å². The molecule has 152 valence electrons. The van der Waals surface area contributed by atoms with Gasteiger partial charge < -0.3 is 10.1 Å². The van der Waals surface area contributed by atoms with E-state index in [0.29, 0.717) is 16.2 Å². The highest BCUT2D eigenvalue weighted by Crippen LogP contribution is 2.40. The van der Waals surface area contributed by atoms with Crippen LogP contribution in [0.25, 0.3) is 0 Å². The number of hydrogen-bond acceptors (Lipinski definition) is 8. The molecule has 0 spiro atoms. The third-order valence-corrected chi connectivity index (χ3v) is 7.60. The Balaban J connectivity index is 1.65. The quantitative estimate of drug-likeness (QED) is 0.377. The summed E-state index contributed by atoms with van der Waals surface area (Å²) in [5.41, 5.74) is 0.779. The molecule has 13 heteroatoms. The largest absolute Gasteiger partial charge is 0.456 e. The van der Waals surface area contributed by atoms with Gasteiger partial charge in [-0.15, -0.1) is 11.8 Å². The lowest BCUT2D eigenvalue weighted by Gasteiger charge is -2.49. The van der Waals surface area contributed by atoms with Gasteiger partial charge in [0.15, 0.2) is 0 Å². The van der Waals surface area contributed by atoms with Crippen molar-refractivity contribution in [2.45, 2.75) is 28.6 Å². The van der Waals surface area contributed by atoms with Gasteiger partial charge in [0.1, 0.15) is 23.7 Å². The Hall–Kier alpha value is -0.780. The predicted molar refractivity (Wildman–Crippen MR) is 111 cm³/mol. The first-order valence-corrected chi connectivity index (χ1v) is 11.7. The minimum Gasteiger partial charge on any atom is -0.456 e. The molecule has 3 rings (SSSR count). The number of fused-ring (bicyclic) bond motifs is 1. The summed E-state index contributed by atoms with van der Waals surface area (Å²) in [5, 5.41) is 3.88. The van der Waals surface area contributed by atoms with Crippen molar-refractivity contribution in [1.29, 1.82) is 0 Å². The van der Waals surface area contributed by atoms with Crippen LogP contribution < -0.4 is 9.37 Å². The number of amides is 2. The second-order valence-corrected chi connectivity index (χ2v) is 11.8. The van der Waals surface area contributed by atoms with E-state index in [-0.39, 0.29) is 22.1 Å². The molecule has 0 aromatic carbocycles. The second-order valence-electron chi connectivity index (χ2n) is 6.01. The van der Waals surface area contributed by atoms with E-state index in [4.69, 9.17) is 39.5 Å². The Bertz CT molecular complexity index is 907. The van der Waals surface area contributed by atoms with Gasteiger partial charge in [0.2, 0.25) is 9.70 Å². The number of halogens is 3. The van der Waals surface area contributed by atoms with Crippen LogP contribution in [0.1, 0.15) is 11.8 Å². The van der Waals surface area contributed by atoms with Crippen molar-refractivity contribution in [3.63, 3.8) is 0 Å². The van der Waals surface area contributed by atoms with Crippen molar-refractivity contribution in [2.75, 3.05) is 12.4 Å². The molecular weight excluding hydrogens is 491 g/mol. The Kier molecular flexibility index (Phi) is 6.68. The summed E-state index contributed by atoms with van der Waals surface area (Å²) in [6.45, 7) is 1.27. The molecule has 2 atom stereocenters. The average molecular weight is 504 g/mol. The van der Waals surface area contributed by atoms with Gasteiger partial charge in [0.25, 0.3) is 9.96 Å². The predicted octanol–water partition coefficient (Wildman–Crippen LogP) is 2.30. The topological polar surface area (TPSA) is 92.8 Å². The highest BCUT2D eigenvalue weighted by atomic mass is 35.6. The second kappa shape index (κ2) is 8.53. The molecule has 1 aromatic heterocycles. The van der Waals surface area contributed by atoms with E-state index in [0.717, 1.165) is 22.7 Å². The van der Waals surface area contributed by atoms with Crippen molar-refractivity contribution in [2.24, 2.45) is 0 Å². The van der Waals surface area contributed by atoms with Gasteiger partial charge in [-0.25, -0.2) is 4.79 Å². The van der Waals surface area contributed by atoms with E-state index in [1.165, 1.54) is 16.7 Å². The van der Waals surface area contributed by atoms with Crippen LogP contribution in [0.4, 0.5) is 0 Å². The number of nitrogens with zero attached hydrogens (tertiary/aromatic N) is 1. The fraction of sp³-hybridized carbons (Fsp3) is 0.467. The Morgan fingerprint density at radius 1 is 1.36 bits per heavy atom. The number of ether oxygens (including phenoxy) is 1. The molecule has 1 fully saturated rings. The molecule has 3 heterocycles. The molecule has 2 unspecified atom stereocenters. The molecule has 1 aromatic rings. The van der Waals surface area contributed by atoms with Gasteiger partial charge in [0, 0.05) is 16.0 Å². The molecule has 2 aliphatic heterocycles. The summed E-state index contributed by atoms with van der Waals surface area (Å²) in [6.07, 6.45) is 0.0254. The van der Waals surface area contributed by atoms with Crippen molar-refractivity contribution in [3.8, 4) is 0 Å². The summed E-state index contributed by atoms with van der Waals surface area (Å²) in [5.74, 6) is -1.04. The standard InChI is InChI=1S/C15H13Cl3N2O5S3/c1-6-3-26-12-9(19-8(21)2-7-4-27-14(24)28-7)11(22)20(12)10(6)13(23)25-5-15(16,17)18/h4,9,12H,2-3,5H2,1H3,(H,19,21). The molecule has 7 nitrogen and oxygen atoms in total. The van der Waals surface area contributed by atoms with Gasteiger partial charge in [0.05, 0.1) is 6.42 Å². The maximum Gasteiger partial charge on any atom is 0.355 e. The Morgan fingerprint density at radius 2 is 2.07 bits per heavy atom. The average Bonchev–Trinajstić information content (AvgIpc) is 3.01. The Labute approximate surface area is 187 Å². The third-order valence-electron chi connectivity index (χ3n) is 3.87. The molecule has 1 saturated heterocycles. The highest BCUT2D eigenvalue weighted by Gasteiger charge is 2.54. The normalized spacial score (nSPS) is 21.9. The zero-order valence-corrected chi connectivity index (χ0v) is 18.9. The number of thioether (sulfide) groups is 1. The fourth-order valence-electron chi connectivity index (χ4n) is 2.71. The molecule has 0 saturated carbocycles. The monoisotopic (exact) mass is 502 g/mol. The SMILES string of the molecule is CC1=C(C(=O)OCC(Cl)(Cl)Cl)N2C(=O)C(NC(=O)Cc3csc(=O)s3)C2SC1. The molecule has 0 aliphatic carbocycles. The van der Waals surface area contributed by atoms with Crippen LogP contribution in [0.3, 0.4) is 0 Å². The summed E-state index contributed by atoms with van der Waals surface area (Å²) >= 11 is 20.3. The number of esters is 1. The maximum atomic E-state index is 12.6. The molecule has 0 bridgehead atoms. The Morgan fingerprint density at radius 3 is 2.68 bits per heavy atom. The minimum absolute atomic E-state index is 0.0254. The van der Waals surface area contributed by atoms with Crippen LogP contribution in [-0.4, -0.2) is 50.3 Å². The zero-order chi connectivity index (χ0) is 20.6. The number of carbonyl (C=O) groups excluding carboxylic acids is 3. The minimum atomic E-state index is -1.75. The van der Waals surface area contributed by atoms with Crippen molar-refractivity contribution >= 4 is 87.0 Å². The van der Waals surface area contributed by atoms with E-state index >= 15 is 0 Å². The summed E-state index contributed by atoms with van der Waals surface area (Å²) in [7, 11) is 0. The van der Waals surface area contributed by atoms with Crippen LogP contribution in [0.2, 0.25) is 0 Å². The van der Waals surface area contributed by atoms with Crippen LogP contribution in [-0.2, 0) is 25.5 Å². The fourth-order valence-corrected chi connectivity index (χ4v) is 5.89. The number of rotatable bonds is 5. The van der Waals surface area contributed by atoms with Gasteiger partial charge in [-0.2, -0.15) is 0 Å². The molecular formula is C15H13Cl3N2O5S3. The van der Waals surface area contributed by atoms with Crippen LogP contribution >= 0.6 is 69.2 Å². The number of hydrogen-bond donors (Lipinski definition) is 1. The smallest absolute Gasteiger partial charge is 0.355 e. The summed E-state index contributed by atoms with van der Waals surface area (Å²) in [6, 6.07) is -0.753. The van der Waals surface area contributed by atoms with E-state index in [9.17, 15) is 19.2 Å². The summed E-state index contributed by atoms with van der Waals surface area (Å²) in [4.78, 5) is 50.3. The molecule has 2 amide bonds. The van der Waals surface area contributed by atoms with Gasteiger partial charge >= 0.3 is 5.97 Å². The summed E-state index contributed by atoms with van der Waals surface area (Å²) < 4.78 is 3.16. The van der Waals surface area contributed by atoms with E-state index in [1.807, 2.05) is 0 Å². The maximum absolute atomic E-state index is 12.6. The van der Waals surface area contributed by atoms with E-state index < -0.39 is 33.7 Å². The number of alkyl halides is 3. The van der Waals surface area contributed by atoms with Crippen LogP contribution in [0.5, 0.6) is 0 Å². The van der Waals surface area contributed by atoms with E-state index in [1.54, 1.807) is 12.3 Å². The molecule has 0 radical (unpaired) electrons. The van der Waals surface area contributed by atoms with Gasteiger partial charge in [-0.05, 0) is 12.5 Å². The number of β-lactam (4-membered cyclic amide) rings is 1. The van der Waals surface area contributed by atoms with Crippen LogP contribution in [0, 0.1) is 0 Å². The van der Waals surface area contributed by atoms with Gasteiger partial charge in [-0.3, -0.25) is 19.3 Å². The zero-order valence-electron chi connectivity index (χ0n) is 14.2. The third kappa shape index (κ3) is 4.85. The molecule has 2 aliphatic rings. The first-order chi connectivity index (χ1) is 13.1. The highest BCUT2D eigenvalue weighted by molar-refractivity contribution is 8.00. The first-order valence-electron chi connectivity index (χ1n) is 7.82. The number of carbonyl (C=O) groups is 3.